The number of amides is 2. The molecule has 3 aromatic rings. The van der Waals surface area contributed by atoms with Crippen molar-refractivity contribution in [1.29, 1.82) is 0 Å². The number of benzene rings is 2. The molecule has 0 saturated carbocycles. The number of halogens is 4. The van der Waals surface area contributed by atoms with E-state index in [9.17, 15) is 14.4 Å². The van der Waals surface area contributed by atoms with E-state index in [1.165, 1.54) is 29.4 Å². The molecular weight excluding hydrogens is 760 g/mol. The molecule has 2 aliphatic rings. The molecule has 13 heteroatoms. The summed E-state index contributed by atoms with van der Waals surface area (Å²) in [6.45, 7) is 3.83. The average molecular weight is 786 g/mol. The van der Waals surface area contributed by atoms with Crippen LogP contribution in [-0.4, -0.2) is 46.4 Å². The van der Waals surface area contributed by atoms with Gasteiger partial charge in [-0.1, -0.05) is 41.9 Å². The molecule has 0 bridgehead atoms. The molecule has 0 N–H and O–H groups in total. The van der Waals surface area contributed by atoms with E-state index in [0.717, 1.165) is 14.5 Å². The Kier molecular flexibility index (Phi) is 8.49. The summed E-state index contributed by atoms with van der Waals surface area (Å²) in [5.74, 6) is -1.05. The first-order valence-electron chi connectivity index (χ1n) is 12.8. The molecule has 1 spiro atoms. The summed E-state index contributed by atoms with van der Waals surface area (Å²) >= 11 is 17.6. The van der Waals surface area contributed by atoms with Crippen LogP contribution in [-0.2, 0) is 48.1 Å². The highest BCUT2D eigenvalue weighted by atomic mass is 79.9. The van der Waals surface area contributed by atoms with Crippen molar-refractivity contribution in [2.24, 2.45) is 0 Å². The van der Waals surface area contributed by atoms with Gasteiger partial charge in [-0.25, -0.2) is 4.98 Å². The number of methoxy groups -OCH3 is 1. The Morgan fingerprint density at radius 3 is 2.50 bits per heavy atom. The number of fused-ring (bicyclic) bond motifs is 2. The molecule has 3 heterocycles. The maximum Gasteiger partial charge on any atom is 0.317 e. The fourth-order valence-corrected chi connectivity index (χ4v) is 7.46. The van der Waals surface area contributed by atoms with Crippen LogP contribution in [0.5, 0.6) is 0 Å². The van der Waals surface area contributed by atoms with Gasteiger partial charge in [-0.3, -0.25) is 19.3 Å². The Hall–Kier alpha value is -2.51. The number of likely N-dealkylation sites (tertiary alicyclic amines) is 1. The number of nitrogens with zero attached hydrogens (tertiary/aromatic N) is 4. The lowest BCUT2D eigenvalue weighted by Crippen LogP contribution is -2.63. The number of carbonyl (C=O) groups is 3. The zero-order valence-electron chi connectivity index (χ0n) is 23.1. The molecule has 2 amide bonds. The smallest absolute Gasteiger partial charge is 0.317 e. The van der Waals surface area contributed by atoms with Crippen LogP contribution in [0.2, 0.25) is 0 Å². The lowest BCUT2D eigenvalue weighted by molar-refractivity contribution is -0.159. The number of imidazole rings is 1. The second-order valence-electron chi connectivity index (χ2n) is 10.5. The second kappa shape index (κ2) is 11.5. The van der Waals surface area contributed by atoms with E-state index in [1.54, 1.807) is 25.5 Å². The molecule has 1 atom stereocenters. The molecule has 2 aliphatic heterocycles. The van der Waals surface area contributed by atoms with Gasteiger partial charge in [-0.15, -0.1) is 0 Å². The number of ether oxygens (including phenoxy) is 2. The van der Waals surface area contributed by atoms with Crippen LogP contribution in [0.4, 0.5) is 5.69 Å². The first-order valence-corrected chi connectivity index (χ1v) is 15.5. The first-order chi connectivity index (χ1) is 19.9. The van der Waals surface area contributed by atoms with E-state index < -0.39 is 16.9 Å². The van der Waals surface area contributed by atoms with Crippen molar-refractivity contribution in [1.82, 2.24) is 14.5 Å². The molecule has 220 valence electrons. The van der Waals surface area contributed by atoms with Gasteiger partial charge < -0.3 is 18.9 Å². The highest BCUT2D eigenvalue weighted by molar-refractivity contribution is 9.14. The average Bonchev–Trinajstić information content (AvgIpc) is 3.49. The number of likely N-dealkylation sites (N-methyl/N-ethyl adjacent to an activating group) is 1. The zero-order valence-corrected chi connectivity index (χ0v) is 28.6. The number of rotatable bonds is 8. The Morgan fingerprint density at radius 2 is 1.86 bits per heavy atom. The number of hydrogen-bond acceptors (Lipinski definition) is 6. The minimum absolute atomic E-state index is 0.0290. The van der Waals surface area contributed by atoms with Crippen LogP contribution in [0.3, 0.4) is 0 Å². The summed E-state index contributed by atoms with van der Waals surface area (Å²) in [4.78, 5) is 47.1. The lowest BCUT2D eigenvalue weighted by atomic mass is 9.78. The highest BCUT2D eigenvalue weighted by Crippen LogP contribution is 2.57. The number of anilines is 1. The normalized spacial score (nSPS) is 18.5. The van der Waals surface area contributed by atoms with E-state index >= 15 is 0 Å². The van der Waals surface area contributed by atoms with Gasteiger partial charge in [-0.2, -0.15) is 0 Å². The number of esters is 1. The van der Waals surface area contributed by atoms with Gasteiger partial charge in [0.25, 0.3) is 5.91 Å². The van der Waals surface area contributed by atoms with Crippen LogP contribution >= 0.6 is 59.4 Å². The van der Waals surface area contributed by atoms with Crippen molar-refractivity contribution in [2.75, 3.05) is 19.1 Å². The minimum atomic E-state index is -1.29. The predicted molar refractivity (Wildman–Crippen MR) is 168 cm³/mol. The molecule has 1 aromatic heterocycles. The highest BCUT2D eigenvalue weighted by Gasteiger charge is 2.64. The van der Waals surface area contributed by atoms with E-state index in [-0.39, 0.29) is 35.7 Å². The SMILES string of the molecule is COC(=O)C(C)(C)c1c(/C(Cl)=C\N2C(=O)CC23C(=O)N(C)c2cc(Br)c(Br)c(Br)c23)ncn1COCc1ccccc1. The van der Waals surface area contributed by atoms with E-state index in [0.29, 0.717) is 28.0 Å². The number of β-lactam (4-membered cyclic amide) rings is 1. The van der Waals surface area contributed by atoms with Crippen molar-refractivity contribution >= 4 is 87.9 Å². The first kappa shape index (κ1) is 30.9. The summed E-state index contributed by atoms with van der Waals surface area (Å²) in [7, 11) is 2.98. The Balaban J connectivity index is 1.55. The van der Waals surface area contributed by atoms with Gasteiger partial charge in [0.2, 0.25) is 5.91 Å². The number of carbonyl (C=O) groups excluding carboxylic acids is 3. The van der Waals surface area contributed by atoms with Gasteiger partial charge >= 0.3 is 5.97 Å². The van der Waals surface area contributed by atoms with E-state index in [1.807, 2.05) is 36.4 Å². The van der Waals surface area contributed by atoms with Gasteiger partial charge in [0.15, 0.2) is 5.54 Å². The molecule has 2 aromatic carbocycles. The van der Waals surface area contributed by atoms with Crippen LogP contribution < -0.4 is 4.90 Å². The largest absolute Gasteiger partial charge is 0.468 e. The number of aromatic nitrogens is 2. The van der Waals surface area contributed by atoms with Gasteiger partial charge in [0, 0.05) is 32.2 Å². The van der Waals surface area contributed by atoms with Crippen LogP contribution in [0.15, 0.2) is 62.3 Å². The molecule has 0 radical (unpaired) electrons. The molecule has 1 saturated heterocycles. The van der Waals surface area contributed by atoms with E-state index in [4.69, 9.17) is 21.1 Å². The summed E-state index contributed by atoms with van der Waals surface area (Å²) in [5, 5.41) is 0.0763. The molecule has 42 heavy (non-hydrogen) atoms. The quantitative estimate of drug-likeness (QED) is 0.149. The topological polar surface area (TPSA) is 94.0 Å². The minimum Gasteiger partial charge on any atom is -0.468 e. The van der Waals surface area contributed by atoms with Crippen LogP contribution in [0.25, 0.3) is 5.03 Å². The third kappa shape index (κ3) is 4.85. The molecule has 1 unspecified atom stereocenters. The van der Waals surface area contributed by atoms with Crippen molar-refractivity contribution in [3.05, 3.63) is 84.9 Å². The maximum absolute atomic E-state index is 13.7. The van der Waals surface area contributed by atoms with Gasteiger partial charge in [-0.05, 0) is 73.3 Å². The Morgan fingerprint density at radius 1 is 1.17 bits per heavy atom. The summed E-state index contributed by atoms with van der Waals surface area (Å²) < 4.78 is 14.8. The molecular formula is C29H26Br3ClN4O5. The lowest BCUT2D eigenvalue weighted by Gasteiger charge is -2.46. The second-order valence-corrected chi connectivity index (χ2v) is 13.4. The monoisotopic (exact) mass is 782 g/mol. The van der Waals surface area contributed by atoms with Crippen molar-refractivity contribution in [3.63, 3.8) is 0 Å². The third-order valence-corrected chi connectivity index (χ3v) is 11.2. The molecule has 0 aliphatic carbocycles. The molecule has 5 rings (SSSR count). The standard InChI is InChI=1S/C29H26Br3ClN4O5/c1-28(2,27(40)41-4)25-24(34-14-36(25)15-42-13-16-8-6-5-7-9-16)18(33)12-37-20(38)11-29(37)21-19(35(3)26(29)39)10-17(30)22(31)23(21)32/h5-10,12,14H,11,13,15H2,1-4H3/b18-12+. The molecule has 9 nitrogen and oxygen atoms in total. The molecule has 1 fully saturated rings. The fourth-order valence-electron chi connectivity index (χ4n) is 5.49. The summed E-state index contributed by atoms with van der Waals surface area (Å²) in [5.41, 5.74) is 0.536. The van der Waals surface area contributed by atoms with Crippen LogP contribution in [0, 0.1) is 0 Å². The Bertz CT molecular complexity index is 1640. The van der Waals surface area contributed by atoms with Crippen molar-refractivity contribution in [3.8, 4) is 0 Å². The van der Waals surface area contributed by atoms with E-state index in [2.05, 4.69) is 52.8 Å². The van der Waals surface area contributed by atoms with Crippen molar-refractivity contribution in [2.45, 2.75) is 44.6 Å². The van der Waals surface area contributed by atoms with Gasteiger partial charge in [0.1, 0.15) is 17.8 Å². The third-order valence-electron chi connectivity index (χ3n) is 7.60. The predicted octanol–water partition coefficient (Wildman–Crippen LogP) is 6.44. The summed E-state index contributed by atoms with van der Waals surface area (Å²) in [6, 6.07) is 11.5. The van der Waals surface area contributed by atoms with Crippen molar-refractivity contribution < 1.29 is 23.9 Å². The maximum atomic E-state index is 13.7. The van der Waals surface area contributed by atoms with Gasteiger partial charge in [0.05, 0.1) is 42.9 Å². The number of hydrogen-bond donors (Lipinski definition) is 0. The fraction of sp³-hybridized carbons (Fsp3) is 0.310. The zero-order chi connectivity index (χ0) is 30.6. The summed E-state index contributed by atoms with van der Waals surface area (Å²) in [6.07, 6.45) is 2.92. The van der Waals surface area contributed by atoms with Crippen LogP contribution in [0.1, 0.15) is 42.8 Å². The Labute approximate surface area is 273 Å².